The smallest absolute Gasteiger partial charge is 0.0669 e. The highest BCUT2D eigenvalue weighted by atomic mass is 14.2. The first-order valence-corrected chi connectivity index (χ1v) is 5.30. The minimum absolute atomic E-state index is 0.572. The highest BCUT2D eigenvalue weighted by Gasteiger charge is 2.14. The third-order valence-corrected chi connectivity index (χ3v) is 3.14. The molecule has 0 N–H and O–H groups in total. The first-order valence-electron chi connectivity index (χ1n) is 5.30. The van der Waals surface area contributed by atoms with Crippen LogP contribution in [0.1, 0.15) is 35.1 Å². The van der Waals surface area contributed by atoms with E-state index in [-0.39, 0.29) is 0 Å². The predicted molar refractivity (Wildman–Crippen MR) is 57.1 cm³/mol. The van der Waals surface area contributed by atoms with Gasteiger partial charge in [0.05, 0.1) is 12.5 Å². The highest BCUT2D eigenvalue weighted by molar-refractivity contribution is 5.43. The fraction of sp³-hybridized carbons (Fsp3) is 0.462. The van der Waals surface area contributed by atoms with Crippen molar-refractivity contribution in [2.45, 2.75) is 39.0 Å². The molecule has 0 aromatic heterocycles. The van der Waals surface area contributed by atoms with Crippen molar-refractivity contribution < 1.29 is 0 Å². The third-order valence-electron chi connectivity index (χ3n) is 3.14. The Morgan fingerprint density at radius 1 is 1.21 bits per heavy atom. The molecule has 1 aliphatic rings. The second-order valence-electron chi connectivity index (χ2n) is 4.04. The highest BCUT2D eigenvalue weighted by Crippen LogP contribution is 2.27. The average Bonchev–Trinajstić information content (AvgIpc) is 2.23. The Balaban J connectivity index is 2.49. The maximum atomic E-state index is 8.74. The van der Waals surface area contributed by atoms with E-state index in [4.69, 9.17) is 5.26 Å². The van der Waals surface area contributed by atoms with Crippen molar-refractivity contribution in [3.05, 3.63) is 34.4 Å². The summed E-state index contributed by atoms with van der Waals surface area (Å²) in [7, 11) is 0. The summed E-state index contributed by atoms with van der Waals surface area (Å²) in [4.78, 5) is 0. The molecule has 0 saturated carbocycles. The molecule has 1 aromatic carbocycles. The average molecular weight is 185 g/mol. The van der Waals surface area contributed by atoms with E-state index < -0.39 is 0 Å². The van der Waals surface area contributed by atoms with Gasteiger partial charge in [0.15, 0.2) is 0 Å². The molecule has 2 rings (SSSR count). The molecule has 0 amide bonds. The van der Waals surface area contributed by atoms with Crippen LogP contribution >= 0.6 is 0 Å². The zero-order valence-electron chi connectivity index (χ0n) is 8.64. The molecular weight excluding hydrogens is 170 g/mol. The van der Waals surface area contributed by atoms with Crippen LogP contribution in [0.5, 0.6) is 0 Å². The maximum Gasteiger partial charge on any atom is 0.0669 e. The number of hydrogen-bond donors (Lipinski definition) is 0. The van der Waals surface area contributed by atoms with Gasteiger partial charge in [-0.25, -0.2) is 0 Å². The first-order chi connectivity index (χ1) is 6.83. The van der Waals surface area contributed by atoms with Gasteiger partial charge in [0.1, 0.15) is 0 Å². The van der Waals surface area contributed by atoms with Gasteiger partial charge in [-0.3, -0.25) is 0 Å². The van der Waals surface area contributed by atoms with Gasteiger partial charge >= 0.3 is 0 Å². The van der Waals surface area contributed by atoms with Crippen LogP contribution in [0.2, 0.25) is 0 Å². The molecule has 1 heteroatoms. The standard InChI is InChI=1S/C13H15N/c1-10-6-7-11(8-9-14)13-5-3-2-4-12(10)13/h6-7H,2-5,8H2,1H3. The van der Waals surface area contributed by atoms with Gasteiger partial charge in [-0.1, -0.05) is 12.1 Å². The Morgan fingerprint density at radius 3 is 2.64 bits per heavy atom. The van der Waals surface area contributed by atoms with Crippen molar-refractivity contribution in [3.8, 4) is 6.07 Å². The molecule has 1 nitrogen and oxygen atoms in total. The van der Waals surface area contributed by atoms with Gasteiger partial charge in [0.25, 0.3) is 0 Å². The summed E-state index contributed by atoms with van der Waals surface area (Å²) < 4.78 is 0. The molecule has 0 aliphatic heterocycles. The number of aryl methyl sites for hydroxylation is 1. The number of nitriles is 1. The largest absolute Gasteiger partial charge is 0.198 e. The van der Waals surface area contributed by atoms with E-state index in [2.05, 4.69) is 25.1 Å². The van der Waals surface area contributed by atoms with Gasteiger partial charge in [0, 0.05) is 0 Å². The number of nitrogens with zero attached hydrogens (tertiary/aromatic N) is 1. The van der Waals surface area contributed by atoms with Gasteiger partial charge in [-0.2, -0.15) is 5.26 Å². The predicted octanol–water partition coefficient (Wildman–Crippen LogP) is 2.94. The molecule has 0 atom stereocenters. The summed E-state index contributed by atoms with van der Waals surface area (Å²) in [6.45, 7) is 2.18. The molecule has 0 radical (unpaired) electrons. The van der Waals surface area contributed by atoms with Gasteiger partial charge in [-0.15, -0.1) is 0 Å². The Bertz CT molecular complexity index is 385. The van der Waals surface area contributed by atoms with Crippen molar-refractivity contribution in [1.29, 1.82) is 5.26 Å². The minimum atomic E-state index is 0.572. The molecule has 0 fully saturated rings. The number of rotatable bonds is 1. The zero-order chi connectivity index (χ0) is 9.97. The van der Waals surface area contributed by atoms with E-state index in [0.717, 1.165) is 0 Å². The lowest BCUT2D eigenvalue weighted by Gasteiger charge is -2.20. The lowest BCUT2D eigenvalue weighted by atomic mass is 9.85. The van der Waals surface area contributed by atoms with Crippen molar-refractivity contribution in [2.75, 3.05) is 0 Å². The fourth-order valence-electron chi connectivity index (χ4n) is 2.37. The van der Waals surface area contributed by atoms with Crippen LogP contribution in [0.15, 0.2) is 12.1 Å². The van der Waals surface area contributed by atoms with Crippen LogP contribution in [0.4, 0.5) is 0 Å². The molecule has 0 saturated heterocycles. The second-order valence-corrected chi connectivity index (χ2v) is 4.04. The van der Waals surface area contributed by atoms with Crippen molar-refractivity contribution in [1.82, 2.24) is 0 Å². The molecule has 1 aromatic rings. The summed E-state index contributed by atoms with van der Waals surface area (Å²) in [5.74, 6) is 0. The molecule has 0 unspecified atom stereocenters. The van der Waals surface area contributed by atoms with Gasteiger partial charge in [-0.05, 0) is 54.9 Å². The summed E-state index contributed by atoms with van der Waals surface area (Å²) in [6, 6.07) is 6.54. The van der Waals surface area contributed by atoms with Crippen LogP contribution in [0, 0.1) is 18.3 Å². The lowest BCUT2D eigenvalue weighted by molar-refractivity contribution is 0.677. The van der Waals surface area contributed by atoms with E-state index in [0.29, 0.717) is 6.42 Å². The van der Waals surface area contributed by atoms with Gasteiger partial charge < -0.3 is 0 Å². The maximum absolute atomic E-state index is 8.74. The minimum Gasteiger partial charge on any atom is -0.198 e. The van der Waals surface area contributed by atoms with Crippen LogP contribution in [0.25, 0.3) is 0 Å². The molecular formula is C13H15N. The van der Waals surface area contributed by atoms with E-state index in [9.17, 15) is 0 Å². The van der Waals surface area contributed by atoms with Crippen LogP contribution in [-0.2, 0) is 19.3 Å². The van der Waals surface area contributed by atoms with Crippen LogP contribution in [0.3, 0.4) is 0 Å². The zero-order valence-corrected chi connectivity index (χ0v) is 8.64. The van der Waals surface area contributed by atoms with Crippen LogP contribution < -0.4 is 0 Å². The monoisotopic (exact) mass is 185 g/mol. The quantitative estimate of drug-likeness (QED) is 0.660. The number of benzene rings is 1. The Kier molecular flexibility index (Phi) is 2.54. The van der Waals surface area contributed by atoms with E-state index >= 15 is 0 Å². The fourth-order valence-corrected chi connectivity index (χ4v) is 2.37. The molecule has 0 bridgehead atoms. The van der Waals surface area contributed by atoms with E-state index in [1.54, 1.807) is 0 Å². The summed E-state index contributed by atoms with van der Waals surface area (Å²) in [5.41, 5.74) is 5.65. The van der Waals surface area contributed by atoms with Crippen molar-refractivity contribution in [2.24, 2.45) is 0 Å². The van der Waals surface area contributed by atoms with E-state index in [1.165, 1.54) is 47.9 Å². The molecule has 1 aliphatic carbocycles. The summed E-state index contributed by atoms with van der Waals surface area (Å²) in [6.07, 6.45) is 5.55. The first kappa shape index (κ1) is 9.27. The normalized spacial score (nSPS) is 14.6. The molecule has 72 valence electrons. The molecule has 14 heavy (non-hydrogen) atoms. The molecule has 0 heterocycles. The lowest BCUT2D eigenvalue weighted by Crippen LogP contribution is -2.08. The number of fused-ring (bicyclic) bond motifs is 1. The Hall–Kier alpha value is -1.29. The number of hydrogen-bond acceptors (Lipinski definition) is 1. The van der Waals surface area contributed by atoms with Crippen molar-refractivity contribution in [3.63, 3.8) is 0 Å². The third kappa shape index (κ3) is 1.53. The van der Waals surface area contributed by atoms with Crippen LogP contribution in [-0.4, -0.2) is 0 Å². The SMILES string of the molecule is Cc1ccc(CC#N)c2c1CCCC2. The second kappa shape index (κ2) is 3.84. The van der Waals surface area contributed by atoms with Crippen molar-refractivity contribution >= 4 is 0 Å². The molecule has 0 spiro atoms. The summed E-state index contributed by atoms with van der Waals surface area (Å²) in [5, 5.41) is 8.74. The summed E-state index contributed by atoms with van der Waals surface area (Å²) >= 11 is 0. The van der Waals surface area contributed by atoms with E-state index in [1.807, 2.05) is 0 Å². The Labute approximate surface area is 85.4 Å². The Morgan fingerprint density at radius 2 is 1.93 bits per heavy atom. The topological polar surface area (TPSA) is 23.8 Å². The van der Waals surface area contributed by atoms with Gasteiger partial charge in [0.2, 0.25) is 0 Å².